The molecule has 0 aliphatic carbocycles. The van der Waals surface area contributed by atoms with Crippen LogP contribution >= 0.6 is 0 Å². The monoisotopic (exact) mass is 286 g/mol. The second-order valence-corrected chi connectivity index (χ2v) is 5.58. The number of carbonyl (C=O) groups is 1. The first-order valence-corrected chi connectivity index (χ1v) is 7.83. The van der Waals surface area contributed by atoms with Gasteiger partial charge in [0.15, 0.2) is 0 Å². The average Bonchev–Trinajstić information content (AvgIpc) is 2.40. The third-order valence-corrected chi connectivity index (χ3v) is 3.48. The molecule has 118 valence electrons. The SMILES string of the molecule is CCOC(=O)C(CN1CCC(OCC)CC1)NC(C)C. The van der Waals surface area contributed by atoms with E-state index < -0.39 is 0 Å². The first-order valence-electron chi connectivity index (χ1n) is 7.83. The summed E-state index contributed by atoms with van der Waals surface area (Å²) in [4.78, 5) is 14.3. The molecule has 1 aliphatic heterocycles. The predicted octanol–water partition coefficient (Wildman–Crippen LogP) is 1.42. The third kappa shape index (κ3) is 6.20. The van der Waals surface area contributed by atoms with Crippen LogP contribution in [-0.2, 0) is 14.3 Å². The highest BCUT2D eigenvalue weighted by molar-refractivity contribution is 5.76. The molecule has 5 nitrogen and oxygen atoms in total. The molecule has 0 aromatic carbocycles. The zero-order chi connectivity index (χ0) is 15.0. The average molecular weight is 286 g/mol. The van der Waals surface area contributed by atoms with Gasteiger partial charge in [0.1, 0.15) is 6.04 Å². The second-order valence-electron chi connectivity index (χ2n) is 5.58. The summed E-state index contributed by atoms with van der Waals surface area (Å²) >= 11 is 0. The molecule has 5 heteroatoms. The summed E-state index contributed by atoms with van der Waals surface area (Å²) in [6.07, 6.45) is 2.48. The van der Waals surface area contributed by atoms with Crippen LogP contribution < -0.4 is 5.32 Å². The summed E-state index contributed by atoms with van der Waals surface area (Å²) < 4.78 is 10.8. The van der Waals surface area contributed by atoms with Crippen LogP contribution in [0.4, 0.5) is 0 Å². The van der Waals surface area contributed by atoms with Gasteiger partial charge in [-0.05, 0) is 26.7 Å². The Morgan fingerprint density at radius 1 is 1.25 bits per heavy atom. The van der Waals surface area contributed by atoms with E-state index in [-0.39, 0.29) is 18.1 Å². The van der Waals surface area contributed by atoms with Crippen molar-refractivity contribution < 1.29 is 14.3 Å². The van der Waals surface area contributed by atoms with Crippen LogP contribution in [0.3, 0.4) is 0 Å². The van der Waals surface area contributed by atoms with E-state index in [1.165, 1.54) is 0 Å². The Labute approximate surface area is 123 Å². The quantitative estimate of drug-likeness (QED) is 0.684. The van der Waals surface area contributed by atoms with Gasteiger partial charge in [0, 0.05) is 32.3 Å². The first kappa shape index (κ1) is 17.4. The molecule has 1 aliphatic rings. The van der Waals surface area contributed by atoms with Crippen LogP contribution in [0.15, 0.2) is 0 Å². The number of carbonyl (C=O) groups excluding carboxylic acids is 1. The number of rotatable bonds is 8. The zero-order valence-electron chi connectivity index (χ0n) is 13.4. The number of likely N-dealkylation sites (tertiary alicyclic amines) is 1. The van der Waals surface area contributed by atoms with Crippen molar-refractivity contribution in [3.63, 3.8) is 0 Å². The number of esters is 1. The molecule has 0 bridgehead atoms. The molecule has 0 amide bonds. The van der Waals surface area contributed by atoms with Gasteiger partial charge in [0.05, 0.1) is 12.7 Å². The smallest absolute Gasteiger partial charge is 0.324 e. The summed E-state index contributed by atoms with van der Waals surface area (Å²) in [7, 11) is 0. The van der Waals surface area contributed by atoms with Gasteiger partial charge in [0.2, 0.25) is 0 Å². The lowest BCUT2D eigenvalue weighted by atomic mass is 10.1. The van der Waals surface area contributed by atoms with Gasteiger partial charge in [-0.2, -0.15) is 0 Å². The Morgan fingerprint density at radius 2 is 1.90 bits per heavy atom. The first-order chi connectivity index (χ1) is 9.56. The van der Waals surface area contributed by atoms with Crippen molar-refractivity contribution in [1.82, 2.24) is 10.2 Å². The standard InChI is InChI=1S/C15H30N2O3/c1-5-19-13-7-9-17(10-8-13)11-14(16-12(3)4)15(18)20-6-2/h12-14,16H,5-11H2,1-4H3. The van der Waals surface area contributed by atoms with Gasteiger partial charge in [-0.1, -0.05) is 13.8 Å². The van der Waals surface area contributed by atoms with Crippen LogP contribution in [0.1, 0.15) is 40.5 Å². The zero-order valence-corrected chi connectivity index (χ0v) is 13.4. The van der Waals surface area contributed by atoms with Gasteiger partial charge in [-0.25, -0.2) is 0 Å². The second kappa shape index (κ2) is 9.32. The van der Waals surface area contributed by atoms with E-state index in [9.17, 15) is 4.79 Å². The molecule has 1 N–H and O–H groups in total. The predicted molar refractivity (Wildman–Crippen MR) is 79.8 cm³/mol. The van der Waals surface area contributed by atoms with E-state index in [4.69, 9.17) is 9.47 Å². The fourth-order valence-electron chi connectivity index (χ4n) is 2.59. The lowest BCUT2D eigenvalue weighted by Crippen LogP contribution is -2.51. The normalized spacial score (nSPS) is 19.2. The number of ether oxygens (including phenoxy) is 2. The van der Waals surface area contributed by atoms with Crippen LogP contribution in [0.5, 0.6) is 0 Å². The molecule has 1 fully saturated rings. The number of nitrogens with zero attached hydrogens (tertiary/aromatic N) is 1. The maximum Gasteiger partial charge on any atom is 0.324 e. The highest BCUT2D eigenvalue weighted by Gasteiger charge is 2.26. The lowest BCUT2D eigenvalue weighted by Gasteiger charge is -2.34. The minimum absolute atomic E-state index is 0.145. The van der Waals surface area contributed by atoms with Gasteiger partial charge in [-0.3, -0.25) is 4.79 Å². The minimum Gasteiger partial charge on any atom is -0.465 e. The summed E-state index contributed by atoms with van der Waals surface area (Å²) in [5.41, 5.74) is 0. The van der Waals surface area contributed by atoms with E-state index in [1.54, 1.807) is 0 Å². The molecule has 0 aromatic heterocycles. The van der Waals surface area contributed by atoms with Crippen molar-refractivity contribution in [1.29, 1.82) is 0 Å². The molecule has 1 unspecified atom stereocenters. The molecule has 1 rings (SSSR count). The van der Waals surface area contributed by atoms with Crippen molar-refractivity contribution in [2.75, 3.05) is 32.8 Å². The molecule has 0 aromatic rings. The van der Waals surface area contributed by atoms with Crippen molar-refractivity contribution in [2.45, 2.75) is 58.7 Å². The Kier molecular flexibility index (Phi) is 8.11. The Morgan fingerprint density at radius 3 is 2.40 bits per heavy atom. The number of nitrogens with one attached hydrogen (secondary N) is 1. The Hall–Kier alpha value is -0.650. The topological polar surface area (TPSA) is 50.8 Å². The Bertz CT molecular complexity index is 276. The molecule has 1 heterocycles. The molecular formula is C15H30N2O3. The Balaban J connectivity index is 2.43. The van der Waals surface area contributed by atoms with E-state index in [2.05, 4.69) is 10.2 Å². The fraction of sp³-hybridized carbons (Fsp3) is 0.933. The van der Waals surface area contributed by atoms with Gasteiger partial charge >= 0.3 is 5.97 Å². The summed E-state index contributed by atoms with van der Waals surface area (Å²) in [5.74, 6) is -0.145. The van der Waals surface area contributed by atoms with Crippen molar-refractivity contribution in [3.05, 3.63) is 0 Å². The van der Waals surface area contributed by atoms with E-state index in [0.29, 0.717) is 12.7 Å². The van der Waals surface area contributed by atoms with E-state index in [1.807, 2.05) is 27.7 Å². The van der Waals surface area contributed by atoms with Crippen LogP contribution in [0.2, 0.25) is 0 Å². The van der Waals surface area contributed by atoms with E-state index >= 15 is 0 Å². The third-order valence-electron chi connectivity index (χ3n) is 3.48. The molecule has 0 saturated carbocycles. The highest BCUT2D eigenvalue weighted by Crippen LogP contribution is 2.14. The lowest BCUT2D eigenvalue weighted by molar-refractivity contribution is -0.146. The van der Waals surface area contributed by atoms with Gasteiger partial charge in [-0.15, -0.1) is 0 Å². The van der Waals surface area contributed by atoms with Crippen LogP contribution in [0, 0.1) is 0 Å². The van der Waals surface area contributed by atoms with Crippen molar-refractivity contribution in [2.24, 2.45) is 0 Å². The van der Waals surface area contributed by atoms with Gasteiger partial charge < -0.3 is 19.7 Å². The fourth-order valence-corrected chi connectivity index (χ4v) is 2.59. The summed E-state index contributed by atoms with van der Waals surface area (Å²) in [5, 5.41) is 3.30. The summed E-state index contributed by atoms with van der Waals surface area (Å²) in [6, 6.07) is 0.0314. The molecule has 1 saturated heterocycles. The van der Waals surface area contributed by atoms with Crippen molar-refractivity contribution >= 4 is 5.97 Å². The van der Waals surface area contributed by atoms with Gasteiger partial charge in [0.25, 0.3) is 0 Å². The molecule has 20 heavy (non-hydrogen) atoms. The summed E-state index contributed by atoms with van der Waals surface area (Å²) in [6.45, 7) is 11.9. The van der Waals surface area contributed by atoms with E-state index in [0.717, 1.165) is 39.1 Å². The number of piperidine rings is 1. The highest BCUT2D eigenvalue weighted by atomic mass is 16.5. The number of hydrogen-bond donors (Lipinski definition) is 1. The maximum absolute atomic E-state index is 12.0. The van der Waals surface area contributed by atoms with Crippen LogP contribution in [-0.4, -0.2) is 61.9 Å². The van der Waals surface area contributed by atoms with Crippen molar-refractivity contribution in [3.8, 4) is 0 Å². The number of hydrogen-bond acceptors (Lipinski definition) is 5. The minimum atomic E-state index is -0.237. The molecule has 0 radical (unpaired) electrons. The molecular weight excluding hydrogens is 256 g/mol. The molecule has 0 spiro atoms. The van der Waals surface area contributed by atoms with Crippen LogP contribution in [0.25, 0.3) is 0 Å². The maximum atomic E-state index is 12.0. The molecule has 1 atom stereocenters. The largest absolute Gasteiger partial charge is 0.465 e.